The Morgan fingerprint density at radius 1 is 1.29 bits per heavy atom. The lowest BCUT2D eigenvalue weighted by Crippen LogP contribution is -2.34. The zero-order valence-electron chi connectivity index (χ0n) is 7.26. The molecule has 1 heterocycles. The van der Waals surface area contributed by atoms with E-state index >= 15 is 0 Å². The minimum atomic E-state index is -0.0357. The van der Waals surface area contributed by atoms with Crippen LogP contribution in [-0.4, -0.2) is 11.7 Å². The summed E-state index contributed by atoms with van der Waals surface area (Å²) < 4.78 is 0. The molecule has 2 N–H and O–H groups in total. The number of aromatic hydroxyl groups is 1. The van der Waals surface area contributed by atoms with Crippen molar-refractivity contribution < 1.29 is 5.11 Å². The molecule has 1 aromatic carbocycles. The fraction of sp³-hybridized carbons (Fsp3) is 0.333. The van der Waals surface area contributed by atoms with Crippen molar-refractivity contribution in [3.8, 4) is 5.75 Å². The molecule has 0 unspecified atom stereocenters. The number of halogens is 3. The van der Waals surface area contributed by atoms with E-state index in [0.29, 0.717) is 16.1 Å². The zero-order chi connectivity index (χ0) is 9.42. The Kier molecular flexibility index (Phi) is 3.90. The molecule has 0 saturated carbocycles. The van der Waals surface area contributed by atoms with Gasteiger partial charge in [-0.1, -0.05) is 23.2 Å². The van der Waals surface area contributed by atoms with Crippen molar-refractivity contribution in [1.82, 2.24) is 5.32 Å². The molecule has 1 aliphatic rings. The van der Waals surface area contributed by atoms with E-state index in [2.05, 4.69) is 5.32 Å². The molecule has 1 aromatic rings. The lowest BCUT2D eigenvalue weighted by atomic mass is 9.98. The van der Waals surface area contributed by atoms with Crippen LogP contribution in [0.5, 0.6) is 5.75 Å². The Bertz CT molecular complexity index is 316. The van der Waals surface area contributed by atoms with Gasteiger partial charge in [0.2, 0.25) is 0 Å². The lowest BCUT2D eigenvalue weighted by molar-refractivity contribution is 0.382. The molecular formula is C9H10Cl3NO. The molecule has 0 amide bonds. The first-order valence-electron chi connectivity index (χ1n) is 4.10. The van der Waals surface area contributed by atoms with Gasteiger partial charge in [0.1, 0.15) is 0 Å². The third kappa shape index (κ3) is 2.09. The Morgan fingerprint density at radius 2 is 1.79 bits per heavy atom. The normalized spacial score (nSPS) is 19.7. The summed E-state index contributed by atoms with van der Waals surface area (Å²) in [4.78, 5) is 0. The summed E-state index contributed by atoms with van der Waals surface area (Å²) in [6, 6.07) is 3.84. The second-order valence-electron chi connectivity index (χ2n) is 3.13. The topological polar surface area (TPSA) is 32.3 Å². The number of hydrogen-bond donors (Lipinski definition) is 2. The average molecular weight is 255 g/mol. The number of nitrogens with one attached hydrogen (secondary N) is 1. The van der Waals surface area contributed by atoms with Gasteiger partial charge >= 0.3 is 0 Å². The van der Waals surface area contributed by atoms with Gasteiger partial charge in [-0.25, -0.2) is 0 Å². The lowest BCUT2D eigenvalue weighted by Gasteiger charge is -2.28. The van der Waals surface area contributed by atoms with Crippen molar-refractivity contribution >= 4 is 35.6 Å². The highest BCUT2D eigenvalue weighted by molar-refractivity contribution is 6.37. The fourth-order valence-corrected chi connectivity index (χ4v) is 1.86. The molecule has 1 aliphatic heterocycles. The molecule has 0 bridgehead atoms. The van der Waals surface area contributed by atoms with Crippen molar-refractivity contribution in [2.75, 3.05) is 6.54 Å². The first kappa shape index (κ1) is 11.9. The summed E-state index contributed by atoms with van der Waals surface area (Å²) in [7, 11) is 0. The number of hydrogen-bond acceptors (Lipinski definition) is 2. The Balaban J connectivity index is 0.000000980. The Labute approximate surface area is 98.6 Å². The van der Waals surface area contributed by atoms with Gasteiger partial charge in [0.05, 0.1) is 10.0 Å². The molecular weight excluding hydrogens is 244 g/mol. The van der Waals surface area contributed by atoms with E-state index < -0.39 is 0 Å². The minimum Gasteiger partial charge on any atom is -0.505 e. The van der Waals surface area contributed by atoms with Crippen LogP contribution >= 0.6 is 35.6 Å². The summed E-state index contributed by atoms with van der Waals surface area (Å²) in [5.41, 5.74) is 1.04. The van der Waals surface area contributed by atoms with E-state index in [9.17, 15) is 5.11 Å². The molecule has 2 nitrogen and oxygen atoms in total. The van der Waals surface area contributed by atoms with Gasteiger partial charge in [-0.15, -0.1) is 12.4 Å². The molecule has 2 rings (SSSR count). The highest BCUT2D eigenvalue weighted by Gasteiger charge is 2.20. The highest BCUT2D eigenvalue weighted by atomic mass is 35.5. The molecule has 78 valence electrons. The van der Waals surface area contributed by atoms with E-state index in [1.807, 2.05) is 0 Å². The van der Waals surface area contributed by atoms with Crippen molar-refractivity contribution in [1.29, 1.82) is 0 Å². The van der Waals surface area contributed by atoms with Crippen molar-refractivity contribution in [2.45, 2.75) is 12.5 Å². The SMILES string of the molecule is Cl.Oc1c(Cl)cc([C@@H]2CCN2)cc1Cl. The predicted octanol–water partition coefficient (Wildman–Crippen LogP) is 3.16. The van der Waals surface area contributed by atoms with Crippen LogP contribution in [0.2, 0.25) is 10.0 Å². The van der Waals surface area contributed by atoms with E-state index in [-0.39, 0.29) is 18.2 Å². The summed E-state index contributed by atoms with van der Waals surface area (Å²) >= 11 is 11.6. The summed E-state index contributed by atoms with van der Waals surface area (Å²) in [6.45, 7) is 1.03. The van der Waals surface area contributed by atoms with Gasteiger partial charge in [0, 0.05) is 6.04 Å². The summed E-state index contributed by atoms with van der Waals surface area (Å²) in [5.74, 6) is -0.0357. The maximum absolute atomic E-state index is 9.32. The van der Waals surface area contributed by atoms with Gasteiger partial charge in [0.15, 0.2) is 5.75 Å². The van der Waals surface area contributed by atoms with Crippen molar-refractivity contribution in [3.63, 3.8) is 0 Å². The molecule has 5 heteroatoms. The molecule has 0 aliphatic carbocycles. The van der Waals surface area contributed by atoms with Gasteiger partial charge in [0.25, 0.3) is 0 Å². The first-order valence-corrected chi connectivity index (χ1v) is 4.85. The number of phenolic OH excluding ortho intramolecular Hbond substituents is 1. The maximum atomic E-state index is 9.32. The third-order valence-electron chi connectivity index (χ3n) is 2.27. The standard InChI is InChI=1S/C9H9Cl2NO.ClH/c10-6-3-5(8-1-2-12-8)4-7(11)9(6)13;/h3-4,8,12-13H,1-2H2;1H/t8-;/m0./s1. The van der Waals surface area contributed by atoms with Gasteiger partial charge in [-0.05, 0) is 30.7 Å². The van der Waals surface area contributed by atoms with Crippen LogP contribution in [0, 0.1) is 0 Å². The van der Waals surface area contributed by atoms with Crippen LogP contribution in [0.3, 0.4) is 0 Å². The Hall–Kier alpha value is -0.150. The highest BCUT2D eigenvalue weighted by Crippen LogP contribution is 2.36. The van der Waals surface area contributed by atoms with Crippen LogP contribution in [0.1, 0.15) is 18.0 Å². The smallest absolute Gasteiger partial charge is 0.152 e. The molecule has 0 spiro atoms. The van der Waals surface area contributed by atoms with Crippen molar-refractivity contribution in [2.24, 2.45) is 0 Å². The molecule has 1 fully saturated rings. The zero-order valence-corrected chi connectivity index (χ0v) is 9.59. The van der Waals surface area contributed by atoms with Crippen LogP contribution < -0.4 is 5.32 Å². The van der Waals surface area contributed by atoms with E-state index in [0.717, 1.165) is 18.5 Å². The van der Waals surface area contributed by atoms with Gasteiger partial charge in [-0.3, -0.25) is 0 Å². The van der Waals surface area contributed by atoms with Crippen LogP contribution in [0.4, 0.5) is 0 Å². The van der Waals surface area contributed by atoms with Crippen molar-refractivity contribution in [3.05, 3.63) is 27.7 Å². The first-order chi connectivity index (χ1) is 6.18. The molecule has 1 atom stereocenters. The summed E-state index contributed by atoms with van der Waals surface area (Å²) in [6.07, 6.45) is 1.09. The number of benzene rings is 1. The Morgan fingerprint density at radius 3 is 2.14 bits per heavy atom. The van der Waals surface area contributed by atoms with Gasteiger partial charge in [-0.2, -0.15) is 0 Å². The third-order valence-corrected chi connectivity index (χ3v) is 2.84. The molecule has 0 radical (unpaired) electrons. The molecule has 1 saturated heterocycles. The molecule has 0 aromatic heterocycles. The predicted molar refractivity (Wildman–Crippen MR) is 60.7 cm³/mol. The maximum Gasteiger partial charge on any atom is 0.152 e. The van der Waals surface area contributed by atoms with Crippen LogP contribution in [0.15, 0.2) is 12.1 Å². The van der Waals surface area contributed by atoms with Gasteiger partial charge < -0.3 is 10.4 Å². The fourth-order valence-electron chi connectivity index (χ4n) is 1.36. The molecule has 14 heavy (non-hydrogen) atoms. The van der Waals surface area contributed by atoms with E-state index in [4.69, 9.17) is 23.2 Å². The second-order valence-corrected chi connectivity index (χ2v) is 3.94. The number of rotatable bonds is 1. The summed E-state index contributed by atoms with van der Waals surface area (Å²) in [5, 5.41) is 13.2. The van der Waals surface area contributed by atoms with E-state index in [1.165, 1.54) is 0 Å². The average Bonchev–Trinajstić information content (AvgIpc) is 1.96. The second kappa shape index (κ2) is 4.58. The minimum absolute atomic E-state index is 0. The monoisotopic (exact) mass is 253 g/mol. The number of phenols is 1. The van der Waals surface area contributed by atoms with Crippen LogP contribution in [0.25, 0.3) is 0 Å². The largest absolute Gasteiger partial charge is 0.505 e. The van der Waals surface area contributed by atoms with E-state index in [1.54, 1.807) is 12.1 Å². The quantitative estimate of drug-likeness (QED) is 0.807. The van der Waals surface area contributed by atoms with Crippen LogP contribution in [-0.2, 0) is 0 Å².